The molecule has 1 unspecified atom stereocenters. The Balaban J connectivity index is 2.98. The van der Waals surface area contributed by atoms with Gasteiger partial charge in [0, 0.05) is 18.8 Å². The maximum atomic E-state index is 10.9. The van der Waals surface area contributed by atoms with E-state index in [2.05, 4.69) is 4.98 Å². The van der Waals surface area contributed by atoms with Crippen LogP contribution in [0.3, 0.4) is 0 Å². The number of imidazole rings is 1. The van der Waals surface area contributed by atoms with Crippen LogP contribution in [0.15, 0.2) is 12.4 Å². The number of aliphatic carboxylic acids is 2. The Morgan fingerprint density at radius 1 is 1.53 bits per heavy atom. The molecule has 0 spiro atoms. The SMILES string of the molecule is CCc1nccn1C(CC(=O)O)C(=O)O. The summed E-state index contributed by atoms with van der Waals surface area (Å²) in [6.45, 7) is 1.83. The van der Waals surface area contributed by atoms with E-state index in [1.807, 2.05) is 6.92 Å². The lowest BCUT2D eigenvalue weighted by molar-refractivity contribution is -0.147. The molecule has 0 aromatic carbocycles. The minimum absolute atomic E-state index is 0.446. The van der Waals surface area contributed by atoms with Gasteiger partial charge in [-0.25, -0.2) is 9.78 Å². The van der Waals surface area contributed by atoms with Gasteiger partial charge >= 0.3 is 11.9 Å². The van der Waals surface area contributed by atoms with Crippen LogP contribution in [0.25, 0.3) is 0 Å². The van der Waals surface area contributed by atoms with Crippen molar-refractivity contribution in [3.05, 3.63) is 18.2 Å². The Labute approximate surface area is 86.2 Å². The van der Waals surface area contributed by atoms with Crippen LogP contribution in [0.4, 0.5) is 0 Å². The van der Waals surface area contributed by atoms with E-state index in [1.165, 1.54) is 17.0 Å². The van der Waals surface area contributed by atoms with Gasteiger partial charge in [0.05, 0.1) is 6.42 Å². The van der Waals surface area contributed by atoms with Gasteiger partial charge in [-0.05, 0) is 0 Å². The zero-order valence-corrected chi connectivity index (χ0v) is 8.25. The van der Waals surface area contributed by atoms with Crippen molar-refractivity contribution in [2.75, 3.05) is 0 Å². The Kier molecular flexibility index (Phi) is 3.43. The molecule has 1 atom stereocenters. The number of rotatable bonds is 5. The van der Waals surface area contributed by atoms with Crippen molar-refractivity contribution in [2.45, 2.75) is 25.8 Å². The second-order valence-electron chi connectivity index (χ2n) is 3.06. The van der Waals surface area contributed by atoms with E-state index in [0.717, 1.165) is 0 Å². The standard InChI is InChI=1S/C9H12N2O4/c1-2-7-10-3-4-11(7)6(9(14)15)5-8(12)13/h3-4,6H,2,5H2,1H3,(H,12,13)(H,14,15). The van der Waals surface area contributed by atoms with Crippen molar-refractivity contribution in [1.29, 1.82) is 0 Å². The van der Waals surface area contributed by atoms with Crippen LogP contribution >= 0.6 is 0 Å². The highest BCUT2D eigenvalue weighted by Gasteiger charge is 2.24. The van der Waals surface area contributed by atoms with Crippen molar-refractivity contribution in [3.8, 4) is 0 Å². The summed E-state index contributed by atoms with van der Waals surface area (Å²) in [5, 5.41) is 17.5. The van der Waals surface area contributed by atoms with E-state index < -0.39 is 24.4 Å². The molecule has 6 nitrogen and oxygen atoms in total. The molecule has 1 heterocycles. The first kappa shape index (κ1) is 11.2. The highest BCUT2D eigenvalue weighted by atomic mass is 16.4. The maximum Gasteiger partial charge on any atom is 0.327 e. The van der Waals surface area contributed by atoms with Gasteiger partial charge in [-0.1, -0.05) is 6.92 Å². The lowest BCUT2D eigenvalue weighted by Gasteiger charge is -2.13. The summed E-state index contributed by atoms with van der Waals surface area (Å²) in [5.74, 6) is -1.73. The van der Waals surface area contributed by atoms with Gasteiger partial charge in [0.1, 0.15) is 11.9 Å². The topological polar surface area (TPSA) is 92.4 Å². The van der Waals surface area contributed by atoms with Gasteiger partial charge in [-0.2, -0.15) is 0 Å². The van der Waals surface area contributed by atoms with Crippen LogP contribution < -0.4 is 0 Å². The van der Waals surface area contributed by atoms with E-state index in [9.17, 15) is 9.59 Å². The second kappa shape index (κ2) is 4.59. The molecule has 0 aliphatic carbocycles. The monoisotopic (exact) mass is 212 g/mol. The minimum atomic E-state index is -1.16. The van der Waals surface area contributed by atoms with Crippen molar-refractivity contribution >= 4 is 11.9 Å². The third-order valence-corrected chi connectivity index (χ3v) is 2.05. The van der Waals surface area contributed by atoms with Gasteiger partial charge in [0.15, 0.2) is 0 Å². The summed E-state index contributed by atoms with van der Waals surface area (Å²) >= 11 is 0. The predicted molar refractivity (Wildman–Crippen MR) is 50.5 cm³/mol. The zero-order chi connectivity index (χ0) is 11.4. The number of aromatic nitrogens is 2. The Hall–Kier alpha value is -1.85. The molecule has 2 N–H and O–H groups in total. The van der Waals surface area contributed by atoms with Crippen LogP contribution in [0.2, 0.25) is 0 Å². The first-order valence-corrected chi connectivity index (χ1v) is 4.52. The third-order valence-electron chi connectivity index (χ3n) is 2.05. The average Bonchev–Trinajstić information content (AvgIpc) is 2.60. The van der Waals surface area contributed by atoms with Crippen molar-refractivity contribution in [3.63, 3.8) is 0 Å². The second-order valence-corrected chi connectivity index (χ2v) is 3.06. The molecular formula is C9H12N2O4. The van der Waals surface area contributed by atoms with E-state index in [-0.39, 0.29) is 0 Å². The normalized spacial score (nSPS) is 12.3. The van der Waals surface area contributed by atoms with E-state index in [4.69, 9.17) is 10.2 Å². The predicted octanol–water partition coefficient (Wildman–Crippen LogP) is 0.546. The molecule has 1 aromatic heterocycles. The molecule has 1 aromatic rings. The van der Waals surface area contributed by atoms with E-state index in [1.54, 1.807) is 0 Å². The minimum Gasteiger partial charge on any atom is -0.481 e. The summed E-state index contributed by atoms with van der Waals surface area (Å²) in [6, 6.07) is -1.08. The number of nitrogens with zero attached hydrogens (tertiary/aromatic N) is 2. The largest absolute Gasteiger partial charge is 0.481 e. The first-order valence-electron chi connectivity index (χ1n) is 4.52. The van der Waals surface area contributed by atoms with Gasteiger partial charge in [-0.15, -0.1) is 0 Å². The molecule has 0 aliphatic rings. The number of carboxylic acids is 2. The van der Waals surface area contributed by atoms with Crippen LogP contribution in [0, 0.1) is 0 Å². The summed E-state index contributed by atoms with van der Waals surface area (Å²) in [6.07, 6.45) is 3.08. The van der Waals surface area contributed by atoms with Gasteiger partial charge in [-0.3, -0.25) is 4.79 Å². The fourth-order valence-electron chi connectivity index (χ4n) is 1.37. The first-order chi connectivity index (χ1) is 7.06. The molecule has 0 amide bonds. The van der Waals surface area contributed by atoms with Gasteiger partial charge in [0.2, 0.25) is 0 Å². The molecule has 0 bridgehead atoms. The lowest BCUT2D eigenvalue weighted by atomic mass is 10.2. The molecule has 0 fully saturated rings. The number of carboxylic acid groups (broad SMARTS) is 2. The van der Waals surface area contributed by atoms with Crippen LogP contribution in [-0.4, -0.2) is 31.7 Å². The quantitative estimate of drug-likeness (QED) is 0.743. The van der Waals surface area contributed by atoms with Crippen LogP contribution in [-0.2, 0) is 16.0 Å². The molecule has 1 rings (SSSR count). The molecule has 0 saturated carbocycles. The third kappa shape index (κ3) is 2.55. The Morgan fingerprint density at radius 2 is 2.20 bits per heavy atom. The number of hydrogen-bond acceptors (Lipinski definition) is 3. The molecule has 15 heavy (non-hydrogen) atoms. The van der Waals surface area contributed by atoms with Crippen molar-refractivity contribution in [1.82, 2.24) is 9.55 Å². The Bertz CT molecular complexity index is 372. The summed E-state index contributed by atoms with van der Waals surface area (Å²) < 4.78 is 1.39. The molecule has 6 heteroatoms. The van der Waals surface area contributed by atoms with Crippen molar-refractivity contribution < 1.29 is 19.8 Å². The zero-order valence-electron chi connectivity index (χ0n) is 8.25. The molecule has 0 saturated heterocycles. The average molecular weight is 212 g/mol. The van der Waals surface area contributed by atoms with E-state index >= 15 is 0 Å². The Morgan fingerprint density at radius 3 is 2.67 bits per heavy atom. The number of hydrogen-bond donors (Lipinski definition) is 2. The molecule has 0 aliphatic heterocycles. The highest BCUT2D eigenvalue weighted by molar-refractivity contribution is 5.79. The lowest BCUT2D eigenvalue weighted by Crippen LogP contribution is -2.23. The fraction of sp³-hybridized carbons (Fsp3) is 0.444. The fourth-order valence-corrected chi connectivity index (χ4v) is 1.37. The summed E-state index contributed by atoms with van der Waals surface area (Å²) in [7, 11) is 0. The van der Waals surface area contributed by atoms with Gasteiger partial charge < -0.3 is 14.8 Å². The number of carbonyl (C=O) groups is 2. The molecule has 0 radical (unpaired) electrons. The van der Waals surface area contributed by atoms with Crippen LogP contribution in [0.5, 0.6) is 0 Å². The molecule has 82 valence electrons. The summed E-state index contributed by atoms with van der Waals surface area (Å²) in [5.41, 5.74) is 0. The number of aryl methyl sites for hydroxylation is 1. The maximum absolute atomic E-state index is 10.9. The van der Waals surface area contributed by atoms with Crippen LogP contribution in [0.1, 0.15) is 25.2 Å². The molecular weight excluding hydrogens is 200 g/mol. The smallest absolute Gasteiger partial charge is 0.327 e. The van der Waals surface area contributed by atoms with E-state index in [0.29, 0.717) is 12.2 Å². The van der Waals surface area contributed by atoms with Gasteiger partial charge in [0.25, 0.3) is 0 Å². The summed E-state index contributed by atoms with van der Waals surface area (Å²) in [4.78, 5) is 25.4. The highest BCUT2D eigenvalue weighted by Crippen LogP contribution is 2.14. The van der Waals surface area contributed by atoms with Crippen molar-refractivity contribution in [2.24, 2.45) is 0 Å².